The monoisotopic (exact) mass is 482 g/mol. The van der Waals surface area contributed by atoms with E-state index in [9.17, 15) is 0 Å². The van der Waals surface area contributed by atoms with Crippen LogP contribution < -0.4 is 10.5 Å². The molecule has 2 aromatic heterocycles. The Balaban J connectivity index is 1.24. The van der Waals surface area contributed by atoms with Crippen LogP contribution in [0.15, 0.2) is 67.0 Å². The molecule has 0 atom stereocenters. The van der Waals surface area contributed by atoms with Gasteiger partial charge < -0.3 is 20.3 Å². The highest BCUT2D eigenvalue weighted by Crippen LogP contribution is 2.36. The van der Waals surface area contributed by atoms with Gasteiger partial charge in [0, 0.05) is 24.7 Å². The van der Waals surface area contributed by atoms with Crippen molar-refractivity contribution in [2.75, 3.05) is 39.0 Å². The maximum atomic E-state index is 6.45. The summed E-state index contributed by atoms with van der Waals surface area (Å²) in [7, 11) is 2.23. The second kappa shape index (κ2) is 9.91. The first-order chi connectivity index (χ1) is 17.7. The molecular formula is C29H34N6O. The van der Waals surface area contributed by atoms with Crippen molar-refractivity contribution >= 4 is 16.6 Å². The van der Waals surface area contributed by atoms with Crippen LogP contribution in [-0.4, -0.2) is 63.8 Å². The molecule has 2 N–H and O–H groups in total. The van der Waals surface area contributed by atoms with E-state index in [2.05, 4.69) is 38.6 Å². The Hall–Kier alpha value is -3.42. The minimum atomic E-state index is 0.355. The van der Waals surface area contributed by atoms with Gasteiger partial charge in [-0.2, -0.15) is 5.10 Å². The van der Waals surface area contributed by atoms with Crippen molar-refractivity contribution in [2.24, 2.45) is 0 Å². The third-order valence-electron chi connectivity index (χ3n) is 7.80. The Morgan fingerprint density at radius 2 is 1.47 bits per heavy atom. The summed E-state index contributed by atoms with van der Waals surface area (Å²) in [6.07, 6.45) is 8.40. The fraction of sp³-hybridized carbons (Fsp3) is 0.379. The number of anilines is 1. The van der Waals surface area contributed by atoms with Crippen LogP contribution in [-0.2, 0) is 0 Å². The minimum absolute atomic E-state index is 0.355. The number of ether oxygens (including phenoxy) is 1. The van der Waals surface area contributed by atoms with Gasteiger partial charge in [-0.05, 0) is 82.2 Å². The van der Waals surface area contributed by atoms with Crippen LogP contribution >= 0.6 is 0 Å². The average Bonchev–Trinajstić information content (AvgIpc) is 3.31. The largest absolute Gasteiger partial charge is 0.457 e. The number of aromatic nitrogens is 3. The quantitative estimate of drug-likeness (QED) is 0.421. The first kappa shape index (κ1) is 23.0. The number of pyridine rings is 1. The summed E-state index contributed by atoms with van der Waals surface area (Å²) in [5.41, 5.74) is 10.1. The summed E-state index contributed by atoms with van der Waals surface area (Å²) >= 11 is 0. The second-order valence-electron chi connectivity index (χ2n) is 10.2. The molecule has 7 heteroatoms. The molecule has 6 rings (SSSR count). The molecule has 2 aliphatic rings. The predicted molar refractivity (Wildman–Crippen MR) is 144 cm³/mol. The van der Waals surface area contributed by atoms with E-state index in [0.29, 0.717) is 11.7 Å². The minimum Gasteiger partial charge on any atom is -0.457 e. The number of nitrogens with zero attached hydrogens (tertiary/aromatic N) is 5. The molecule has 0 aliphatic carbocycles. The van der Waals surface area contributed by atoms with E-state index in [1.165, 1.54) is 25.9 Å². The number of benzene rings is 2. The van der Waals surface area contributed by atoms with Gasteiger partial charge in [0.15, 0.2) is 0 Å². The maximum Gasteiger partial charge on any atom is 0.127 e. The molecule has 0 spiro atoms. The van der Waals surface area contributed by atoms with Crippen LogP contribution in [0.4, 0.5) is 5.69 Å². The smallest absolute Gasteiger partial charge is 0.127 e. The molecule has 4 aromatic rings. The molecule has 36 heavy (non-hydrogen) atoms. The van der Waals surface area contributed by atoms with Gasteiger partial charge in [0.05, 0.1) is 35.0 Å². The van der Waals surface area contributed by atoms with Gasteiger partial charge in [0.25, 0.3) is 0 Å². The molecule has 7 nitrogen and oxygen atoms in total. The summed E-state index contributed by atoms with van der Waals surface area (Å²) in [5.74, 6) is 1.62. The Kier molecular flexibility index (Phi) is 6.34. The number of para-hydroxylation sites is 1. The number of likely N-dealkylation sites (tertiary alicyclic amines) is 2. The standard InChI is InChI=1S/C29H34N6O/c1-33-15-11-22(12-16-33)34-17-13-23(14-18-34)35-27-20-31-19-26(30)28(27)29(32-35)21-7-9-25(10-8-21)36-24-5-3-2-4-6-24/h2-10,19-20,22-23H,11-18,30H2,1H3. The van der Waals surface area contributed by atoms with Gasteiger partial charge in [0.2, 0.25) is 0 Å². The summed E-state index contributed by atoms with van der Waals surface area (Å²) in [6, 6.07) is 19.0. The van der Waals surface area contributed by atoms with Crippen LogP contribution in [0, 0.1) is 0 Å². The molecule has 4 heterocycles. The van der Waals surface area contributed by atoms with Crippen LogP contribution in [0.3, 0.4) is 0 Å². The summed E-state index contributed by atoms with van der Waals surface area (Å²) in [6.45, 7) is 4.66. The van der Waals surface area contributed by atoms with E-state index >= 15 is 0 Å². The van der Waals surface area contributed by atoms with Crippen molar-refractivity contribution < 1.29 is 4.74 Å². The average molecular weight is 483 g/mol. The zero-order valence-electron chi connectivity index (χ0n) is 20.9. The number of fused-ring (bicyclic) bond motifs is 1. The van der Waals surface area contributed by atoms with Gasteiger partial charge >= 0.3 is 0 Å². The zero-order valence-corrected chi connectivity index (χ0v) is 20.9. The second-order valence-corrected chi connectivity index (χ2v) is 10.2. The molecule has 0 bridgehead atoms. The van der Waals surface area contributed by atoms with E-state index in [1.807, 2.05) is 48.7 Å². The van der Waals surface area contributed by atoms with Crippen LogP contribution in [0.5, 0.6) is 11.5 Å². The maximum absolute atomic E-state index is 6.45. The number of piperidine rings is 2. The van der Waals surface area contributed by atoms with Crippen molar-refractivity contribution in [3.8, 4) is 22.8 Å². The lowest BCUT2D eigenvalue weighted by Crippen LogP contribution is -2.47. The Bertz CT molecular complexity index is 1300. The molecule has 0 amide bonds. The van der Waals surface area contributed by atoms with Crippen LogP contribution in [0.1, 0.15) is 31.7 Å². The lowest BCUT2D eigenvalue weighted by atomic mass is 9.98. The molecule has 186 valence electrons. The van der Waals surface area contributed by atoms with Crippen molar-refractivity contribution in [3.63, 3.8) is 0 Å². The molecule has 0 saturated carbocycles. The third kappa shape index (κ3) is 4.56. The predicted octanol–water partition coefficient (Wildman–Crippen LogP) is 5.20. The van der Waals surface area contributed by atoms with Crippen molar-refractivity contribution in [3.05, 3.63) is 67.0 Å². The first-order valence-corrected chi connectivity index (χ1v) is 13.0. The SMILES string of the molecule is CN1CCC(N2CCC(n3nc(-c4ccc(Oc5ccccc5)cc4)c4c(N)cncc43)CC2)CC1. The van der Waals surface area contributed by atoms with E-state index in [4.69, 9.17) is 15.6 Å². The highest BCUT2D eigenvalue weighted by Gasteiger charge is 2.29. The highest BCUT2D eigenvalue weighted by atomic mass is 16.5. The van der Waals surface area contributed by atoms with E-state index < -0.39 is 0 Å². The summed E-state index contributed by atoms with van der Waals surface area (Å²) in [4.78, 5) is 9.56. The number of nitrogen functional groups attached to an aromatic ring is 1. The number of hydrogen-bond acceptors (Lipinski definition) is 6. The molecule has 2 saturated heterocycles. The fourth-order valence-electron chi connectivity index (χ4n) is 5.75. The molecule has 0 unspecified atom stereocenters. The van der Waals surface area contributed by atoms with E-state index in [1.54, 1.807) is 6.20 Å². The third-order valence-corrected chi connectivity index (χ3v) is 7.80. The first-order valence-electron chi connectivity index (χ1n) is 13.0. The topological polar surface area (TPSA) is 72.4 Å². The lowest BCUT2D eigenvalue weighted by Gasteiger charge is -2.41. The van der Waals surface area contributed by atoms with Gasteiger partial charge in [-0.3, -0.25) is 9.67 Å². The van der Waals surface area contributed by atoms with Crippen molar-refractivity contribution in [1.29, 1.82) is 0 Å². The summed E-state index contributed by atoms with van der Waals surface area (Å²) < 4.78 is 8.17. The van der Waals surface area contributed by atoms with Crippen molar-refractivity contribution in [2.45, 2.75) is 37.8 Å². The lowest BCUT2D eigenvalue weighted by molar-refractivity contribution is 0.0860. The molecule has 2 fully saturated rings. The molecular weight excluding hydrogens is 448 g/mol. The van der Waals surface area contributed by atoms with Gasteiger partial charge in [-0.25, -0.2) is 0 Å². The Labute approximate surface area is 212 Å². The van der Waals surface area contributed by atoms with Crippen molar-refractivity contribution in [1.82, 2.24) is 24.6 Å². The molecule has 2 aromatic carbocycles. The summed E-state index contributed by atoms with van der Waals surface area (Å²) in [5, 5.41) is 6.12. The van der Waals surface area contributed by atoms with E-state index in [-0.39, 0.29) is 0 Å². The van der Waals surface area contributed by atoms with Crippen LogP contribution in [0.2, 0.25) is 0 Å². The van der Waals surface area contributed by atoms with Gasteiger partial charge in [-0.15, -0.1) is 0 Å². The number of rotatable bonds is 5. The number of hydrogen-bond donors (Lipinski definition) is 1. The number of nitrogens with two attached hydrogens (primary N) is 1. The Morgan fingerprint density at radius 3 is 2.19 bits per heavy atom. The highest BCUT2D eigenvalue weighted by molar-refractivity contribution is 6.01. The van der Waals surface area contributed by atoms with Crippen LogP contribution in [0.25, 0.3) is 22.2 Å². The Morgan fingerprint density at radius 1 is 0.806 bits per heavy atom. The van der Waals surface area contributed by atoms with Gasteiger partial charge in [-0.1, -0.05) is 18.2 Å². The molecule has 0 radical (unpaired) electrons. The normalized spacial score (nSPS) is 18.6. The van der Waals surface area contributed by atoms with E-state index in [0.717, 1.165) is 65.6 Å². The zero-order chi connectivity index (χ0) is 24.5. The van der Waals surface area contributed by atoms with Gasteiger partial charge in [0.1, 0.15) is 17.2 Å². The molecule has 2 aliphatic heterocycles. The fourth-order valence-corrected chi connectivity index (χ4v) is 5.75.